The zero-order chi connectivity index (χ0) is 18.8. The summed E-state index contributed by atoms with van der Waals surface area (Å²) in [6, 6.07) is 11.6. The zero-order valence-corrected chi connectivity index (χ0v) is 15.1. The lowest BCUT2D eigenvalue weighted by molar-refractivity contribution is -0.129. The molecular formula is C21H21N3O3. The monoisotopic (exact) mass is 363 g/mol. The van der Waals surface area contributed by atoms with Gasteiger partial charge in [-0.15, -0.1) is 0 Å². The highest BCUT2D eigenvalue weighted by atomic mass is 16.3. The predicted octanol–water partition coefficient (Wildman–Crippen LogP) is 2.80. The van der Waals surface area contributed by atoms with Crippen molar-refractivity contribution >= 4 is 22.8 Å². The first-order valence-electron chi connectivity index (χ1n) is 9.03. The molecule has 1 atom stereocenters. The number of carbonyl (C=O) groups is 2. The van der Waals surface area contributed by atoms with Gasteiger partial charge in [-0.3, -0.25) is 14.6 Å². The Morgan fingerprint density at radius 2 is 2.04 bits per heavy atom. The molecule has 4 rings (SSSR count). The molecule has 3 aromatic rings. The van der Waals surface area contributed by atoms with Gasteiger partial charge in [0, 0.05) is 42.9 Å². The van der Waals surface area contributed by atoms with Crippen LogP contribution in [0, 0.1) is 12.8 Å². The molecule has 2 amide bonds. The molecule has 27 heavy (non-hydrogen) atoms. The van der Waals surface area contributed by atoms with Crippen LogP contribution in [-0.2, 0) is 22.7 Å². The van der Waals surface area contributed by atoms with Crippen molar-refractivity contribution in [2.45, 2.75) is 26.4 Å². The number of pyridine rings is 1. The fraction of sp³-hybridized carbons (Fsp3) is 0.286. The lowest BCUT2D eigenvalue weighted by Gasteiger charge is -2.16. The van der Waals surface area contributed by atoms with Crippen LogP contribution in [0.1, 0.15) is 23.3 Å². The lowest BCUT2D eigenvalue weighted by atomic mass is 10.1. The van der Waals surface area contributed by atoms with Crippen molar-refractivity contribution in [3.63, 3.8) is 0 Å². The van der Waals surface area contributed by atoms with E-state index in [4.69, 9.17) is 4.42 Å². The summed E-state index contributed by atoms with van der Waals surface area (Å²) in [6.45, 7) is 3.26. The van der Waals surface area contributed by atoms with Crippen molar-refractivity contribution in [3.05, 3.63) is 65.7 Å². The van der Waals surface area contributed by atoms with E-state index < -0.39 is 0 Å². The molecule has 0 saturated carbocycles. The molecule has 0 spiro atoms. The number of aryl methyl sites for hydroxylation is 1. The third-order valence-electron chi connectivity index (χ3n) is 5.07. The molecule has 1 fully saturated rings. The molecule has 6 heteroatoms. The maximum atomic E-state index is 12.5. The van der Waals surface area contributed by atoms with Crippen LogP contribution in [0.3, 0.4) is 0 Å². The Morgan fingerprint density at radius 1 is 1.26 bits per heavy atom. The number of aromatic nitrogens is 1. The van der Waals surface area contributed by atoms with Crippen LogP contribution < -0.4 is 5.32 Å². The number of hydrogen-bond donors (Lipinski definition) is 1. The highest BCUT2D eigenvalue weighted by molar-refractivity contribution is 5.89. The number of nitrogens with one attached hydrogen (secondary N) is 1. The molecule has 1 aromatic carbocycles. The average Bonchev–Trinajstić information content (AvgIpc) is 3.21. The van der Waals surface area contributed by atoms with Crippen LogP contribution in [-0.4, -0.2) is 28.2 Å². The van der Waals surface area contributed by atoms with E-state index in [9.17, 15) is 9.59 Å². The standard InChI is InChI=1S/C21H21N3O3/c1-14-17-4-2-3-5-18(17)27-19(14)11-23-21(26)16-10-20(25)24(13-16)12-15-6-8-22-9-7-15/h2-9,16H,10-13H2,1H3,(H,23,26)/t16-/m0/s1. The number of nitrogens with zero attached hydrogens (tertiary/aromatic N) is 2. The van der Waals surface area contributed by atoms with Gasteiger partial charge in [-0.2, -0.15) is 0 Å². The van der Waals surface area contributed by atoms with Gasteiger partial charge in [-0.05, 0) is 30.7 Å². The molecule has 1 saturated heterocycles. The molecule has 0 bridgehead atoms. The molecule has 0 aliphatic carbocycles. The molecule has 0 radical (unpaired) electrons. The second kappa shape index (κ2) is 7.23. The van der Waals surface area contributed by atoms with Gasteiger partial charge in [0.2, 0.25) is 11.8 Å². The largest absolute Gasteiger partial charge is 0.459 e. The minimum absolute atomic E-state index is 0.00637. The van der Waals surface area contributed by atoms with Crippen molar-refractivity contribution in [1.82, 2.24) is 15.2 Å². The highest BCUT2D eigenvalue weighted by Gasteiger charge is 2.34. The van der Waals surface area contributed by atoms with E-state index in [0.717, 1.165) is 27.9 Å². The van der Waals surface area contributed by atoms with E-state index >= 15 is 0 Å². The van der Waals surface area contributed by atoms with Crippen molar-refractivity contribution in [2.24, 2.45) is 5.92 Å². The van der Waals surface area contributed by atoms with Gasteiger partial charge in [-0.1, -0.05) is 18.2 Å². The first kappa shape index (κ1) is 17.3. The molecule has 6 nitrogen and oxygen atoms in total. The van der Waals surface area contributed by atoms with E-state index in [1.165, 1.54) is 0 Å². The fourth-order valence-corrected chi connectivity index (χ4v) is 3.51. The Hall–Kier alpha value is -3.15. The second-order valence-electron chi connectivity index (χ2n) is 6.89. The normalized spacial score (nSPS) is 16.9. The summed E-state index contributed by atoms with van der Waals surface area (Å²) in [4.78, 5) is 30.5. The highest BCUT2D eigenvalue weighted by Crippen LogP contribution is 2.25. The summed E-state index contributed by atoms with van der Waals surface area (Å²) >= 11 is 0. The number of amides is 2. The van der Waals surface area contributed by atoms with Crippen molar-refractivity contribution in [3.8, 4) is 0 Å². The summed E-state index contributed by atoms with van der Waals surface area (Å²) in [6.07, 6.45) is 3.65. The van der Waals surface area contributed by atoms with E-state index in [2.05, 4.69) is 10.3 Å². The van der Waals surface area contributed by atoms with Crippen LogP contribution in [0.4, 0.5) is 0 Å². The van der Waals surface area contributed by atoms with Crippen molar-refractivity contribution < 1.29 is 14.0 Å². The predicted molar refractivity (Wildman–Crippen MR) is 101 cm³/mol. The maximum Gasteiger partial charge on any atom is 0.225 e. The number of hydrogen-bond acceptors (Lipinski definition) is 4. The van der Waals surface area contributed by atoms with E-state index in [0.29, 0.717) is 19.6 Å². The molecule has 3 heterocycles. The number of carbonyl (C=O) groups excluding carboxylic acids is 2. The summed E-state index contributed by atoms with van der Waals surface area (Å²) in [5, 5.41) is 3.98. The smallest absolute Gasteiger partial charge is 0.225 e. The molecule has 138 valence electrons. The third kappa shape index (κ3) is 3.56. The van der Waals surface area contributed by atoms with Crippen LogP contribution >= 0.6 is 0 Å². The number of fused-ring (bicyclic) bond motifs is 1. The van der Waals surface area contributed by atoms with E-state index in [1.807, 2.05) is 43.3 Å². The van der Waals surface area contributed by atoms with Gasteiger partial charge in [0.1, 0.15) is 11.3 Å². The Balaban J connectivity index is 1.37. The summed E-state index contributed by atoms with van der Waals surface area (Å²) < 4.78 is 5.84. The topological polar surface area (TPSA) is 75.4 Å². The zero-order valence-electron chi connectivity index (χ0n) is 15.1. The molecular weight excluding hydrogens is 342 g/mol. The SMILES string of the molecule is Cc1c(CNC(=O)[C@H]2CC(=O)N(Cc3ccncc3)C2)oc2ccccc12. The minimum atomic E-state index is -0.330. The first-order valence-corrected chi connectivity index (χ1v) is 9.03. The Bertz CT molecular complexity index is 981. The van der Waals surface area contributed by atoms with Crippen LogP contribution in [0.2, 0.25) is 0 Å². The third-order valence-corrected chi connectivity index (χ3v) is 5.07. The van der Waals surface area contributed by atoms with Gasteiger partial charge >= 0.3 is 0 Å². The van der Waals surface area contributed by atoms with Gasteiger partial charge in [0.05, 0.1) is 12.5 Å². The quantitative estimate of drug-likeness (QED) is 0.756. The first-order chi connectivity index (χ1) is 13.1. The van der Waals surface area contributed by atoms with E-state index in [1.54, 1.807) is 17.3 Å². The van der Waals surface area contributed by atoms with Crippen LogP contribution in [0.15, 0.2) is 53.2 Å². The lowest BCUT2D eigenvalue weighted by Crippen LogP contribution is -2.32. The van der Waals surface area contributed by atoms with Gasteiger partial charge in [0.25, 0.3) is 0 Å². The van der Waals surface area contributed by atoms with E-state index in [-0.39, 0.29) is 24.2 Å². The van der Waals surface area contributed by atoms with Crippen molar-refractivity contribution in [2.75, 3.05) is 6.54 Å². The van der Waals surface area contributed by atoms with Crippen LogP contribution in [0.25, 0.3) is 11.0 Å². The Morgan fingerprint density at radius 3 is 2.81 bits per heavy atom. The number of benzene rings is 1. The number of likely N-dealkylation sites (tertiary alicyclic amines) is 1. The molecule has 1 N–H and O–H groups in total. The Labute approximate surface area is 157 Å². The minimum Gasteiger partial charge on any atom is -0.459 e. The Kier molecular flexibility index (Phi) is 4.62. The van der Waals surface area contributed by atoms with Gasteiger partial charge < -0.3 is 14.6 Å². The van der Waals surface area contributed by atoms with Crippen molar-refractivity contribution in [1.29, 1.82) is 0 Å². The average molecular weight is 363 g/mol. The number of rotatable bonds is 5. The maximum absolute atomic E-state index is 12.5. The molecule has 1 aliphatic heterocycles. The fourth-order valence-electron chi connectivity index (χ4n) is 3.51. The van der Waals surface area contributed by atoms with Gasteiger partial charge in [-0.25, -0.2) is 0 Å². The number of para-hydroxylation sites is 1. The molecule has 1 aliphatic rings. The summed E-state index contributed by atoms with van der Waals surface area (Å²) in [5.74, 6) is 0.318. The molecule has 2 aromatic heterocycles. The molecule has 0 unspecified atom stereocenters. The van der Waals surface area contributed by atoms with Crippen LogP contribution in [0.5, 0.6) is 0 Å². The summed E-state index contributed by atoms with van der Waals surface area (Å²) in [5.41, 5.74) is 2.86. The summed E-state index contributed by atoms with van der Waals surface area (Å²) in [7, 11) is 0. The second-order valence-corrected chi connectivity index (χ2v) is 6.89. The van der Waals surface area contributed by atoms with Gasteiger partial charge in [0.15, 0.2) is 0 Å². The number of furan rings is 1.